The van der Waals surface area contributed by atoms with Gasteiger partial charge in [0.1, 0.15) is 0 Å². The van der Waals surface area contributed by atoms with Gasteiger partial charge in [-0.15, -0.1) is 0 Å². The van der Waals surface area contributed by atoms with Crippen molar-refractivity contribution in [1.29, 1.82) is 0 Å². The topological polar surface area (TPSA) is 21.3 Å². The van der Waals surface area contributed by atoms with Crippen LogP contribution in [-0.4, -0.2) is 26.8 Å². The Labute approximate surface area is 75.7 Å². The van der Waals surface area contributed by atoms with Crippen LogP contribution in [0.1, 0.15) is 32.1 Å². The molecule has 1 atom stereocenters. The molecule has 0 bridgehead atoms. The van der Waals surface area contributed by atoms with Crippen LogP contribution in [0.5, 0.6) is 0 Å². The summed E-state index contributed by atoms with van der Waals surface area (Å²) in [5.74, 6) is 0.956. The number of methoxy groups -OCH3 is 1. The second-order valence-corrected chi connectivity index (χ2v) is 3.83. The van der Waals surface area contributed by atoms with E-state index >= 15 is 0 Å². The van der Waals surface area contributed by atoms with Gasteiger partial charge in [0, 0.05) is 13.2 Å². The third-order valence-corrected chi connectivity index (χ3v) is 2.87. The molecule has 0 aromatic heterocycles. The SMILES string of the molecule is CNC(COC)CC1CCCC1. The van der Waals surface area contributed by atoms with E-state index in [1.54, 1.807) is 7.11 Å². The van der Waals surface area contributed by atoms with Crippen LogP contribution < -0.4 is 5.32 Å². The highest BCUT2D eigenvalue weighted by Crippen LogP contribution is 2.28. The van der Waals surface area contributed by atoms with Gasteiger partial charge in [0.25, 0.3) is 0 Å². The van der Waals surface area contributed by atoms with Crippen LogP contribution in [0.25, 0.3) is 0 Å². The zero-order valence-electron chi connectivity index (χ0n) is 8.31. The van der Waals surface area contributed by atoms with E-state index in [-0.39, 0.29) is 0 Å². The van der Waals surface area contributed by atoms with Gasteiger partial charge >= 0.3 is 0 Å². The second-order valence-electron chi connectivity index (χ2n) is 3.83. The van der Waals surface area contributed by atoms with Crippen molar-refractivity contribution in [2.24, 2.45) is 5.92 Å². The molecule has 2 nitrogen and oxygen atoms in total. The van der Waals surface area contributed by atoms with Crippen molar-refractivity contribution in [2.75, 3.05) is 20.8 Å². The molecule has 1 rings (SSSR count). The highest BCUT2D eigenvalue weighted by Gasteiger charge is 2.18. The van der Waals surface area contributed by atoms with Crippen molar-refractivity contribution in [2.45, 2.75) is 38.1 Å². The van der Waals surface area contributed by atoms with E-state index in [1.807, 2.05) is 7.05 Å². The summed E-state index contributed by atoms with van der Waals surface area (Å²) < 4.78 is 5.14. The van der Waals surface area contributed by atoms with Gasteiger partial charge in [0.15, 0.2) is 0 Å². The standard InChI is InChI=1S/C10H21NO/c1-11-10(8-12-2)7-9-5-3-4-6-9/h9-11H,3-8H2,1-2H3. The normalized spacial score (nSPS) is 21.5. The Morgan fingerprint density at radius 2 is 2.08 bits per heavy atom. The number of nitrogens with one attached hydrogen (secondary N) is 1. The van der Waals surface area contributed by atoms with E-state index in [9.17, 15) is 0 Å². The smallest absolute Gasteiger partial charge is 0.0615 e. The summed E-state index contributed by atoms with van der Waals surface area (Å²) in [6.07, 6.45) is 7.04. The van der Waals surface area contributed by atoms with Crippen LogP contribution >= 0.6 is 0 Å². The Kier molecular flexibility index (Phi) is 4.62. The summed E-state index contributed by atoms with van der Waals surface area (Å²) >= 11 is 0. The van der Waals surface area contributed by atoms with Crippen LogP contribution in [0.3, 0.4) is 0 Å². The van der Waals surface area contributed by atoms with E-state index in [0.717, 1.165) is 12.5 Å². The van der Waals surface area contributed by atoms with Gasteiger partial charge in [-0.2, -0.15) is 0 Å². The third kappa shape index (κ3) is 3.11. The number of hydrogen-bond acceptors (Lipinski definition) is 2. The summed E-state index contributed by atoms with van der Waals surface area (Å²) in [5, 5.41) is 3.30. The first-order chi connectivity index (χ1) is 5.86. The Morgan fingerprint density at radius 1 is 1.42 bits per heavy atom. The third-order valence-electron chi connectivity index (χ3n) is 2.87. The molecule has 0 heterocycles. The minimum atomic E-state index is 0.568. The van der Waals surface area contributed by atoms with Crippen LogP contribution in [0.2, 0.25) is 0 Å². The maximum Gasteiger partial charge on any atom is 0.0615 e. The Hall–Kier alpha value is -0.0800. The molecule has 0 aliphatic heterocycles. The highest BCUT2D eigenvalue weighted by atomic mass is 16.5. The molecule has 0 aromatic rings. The Bertz CT molecular complexity index is 110. The molecule has 1 aliphatic rings. The first kappa shape index (κ1) is 10.0. The van der Waals surface area contributed by atoms with Crippen LogP contribution in [0.4, 0.5) is 0 Å². The average molecular weight is 171 g/mol. The van der Waals surface area contributed by atoms with E-state index < -0.39 is 0 Å². The Morgan fingerprint density at radius 3 is 2.58 bits per heavy atom. The summed E-state index contributed by atoms with van der Waals surface area (Å²) in [5.41, 5.74) is 0. The summed E-state index contributed by atoms with van der Waals surface area (Å²) in [4.78, 5) is 0. The molecular formula is C10H21NO. The molecule has 1 N–H and O–H groups in total. The van der Waals surface area contributed by atoms with Crippen molar-refractivity contribution in [3.8, 4) is 0 Å². The monoisotopic (exact) mass is 171 g/mol. The lowest BCUT2D eigenvalue weighted by molar-refractivity contribution is 0.158. The van der Waals surface area contributed by atoms with Gasteiger partial charge in [0.05, 0.1) is 6.61 Å². The van der Waals surface area contributed by atoms with Crippen LogP contribution in [0, 0.1) is 5.92 Å². The molecular weight excluding hydrogens is 150 g/mol. The van der Waals surface area contributed by atoms with Crippen molar-refractivity contribution in [3.63, 3.8) is 0 Å². The zero-order chi connectivity index (χ0) is 8.81. The van der Waals surface area contributed by atoms with Gasteiger partial charge in [-0.25, -0.2) is 0 Å². The first-order valence-corrected chi connectivity index (χ1v) is 5.03. The van der Waals surface area contributed by atoms with Crippen molar-refractivity contribution < 1.29 is 4.74 Å². The average Bonchev–Trinajstić information content (AvgIpc) is 2.56. The lowest BCUT2D eigenvalue weighted by Crippen LogP contribution is -2.31. The number of ether oxygens (including phenoxy) is 1. The minimum Gasteiger partial charge on any atom is -0.383 e. The van der Waals surface area contributed by atoms with Gasteiger partial charge in [-0.1, -0.05) is 25.7 Å². The minimum absolute atomic E-state index is 0.568. The van der Waals surface area contributed by atoms with E-state index in [0.29, 0.717) is 6.04 Å². The number of rotatable bonds is 5. The predicted octanol–water partition coefficient (Wildman–Crippen LogP) is 1.80. The molecule has 2 heteroatoms. The number of likely N-dealkylation sites (N-methyl/N-ethyl adjacent to an activating group) is 1. The van der Waals surface area contributed by atoms with Crippen molar-refractivity contribution >= 4 is 0 Å². The van der Waals surface area contributed by atoms with E-state index in [1.165, 1.54) is 32.1 Å². The van der Waals surface area contributed by atoms with Crippen molar-refractivity contribution in [3.05, 3.63) is 0 Å². The molecule has 0 saturated heterocycles. The molecule has 1 fully saturated rings. The number of hydrogen-bond donors (Lipinski definition) is 1. The molecule has 12 heavy (non-hydrogen) atoms. The maximum absolute atomic E-state index is 5.14. The second kappa shape index (κ2) is 5.55. The summed E-state index contributed by atoms with van der Waals surface area (Å²) in [6.45, 7) is 0.854. The Balaban J connectivity index is 2.16. The molecule has 0 amide bonds. The first-order valence-electron chi connectivity index (χ1n) is 5.03. The summed E-state index contributed by atoms with van der Waals surface area (Å²) in [7, 11) is 3.80. The fourth-order valence-corrected chi connectivity index (χ4v) is 2.12. The van der Waals surface area contributed by atoms with Crippen LogP contribution in [-0.2, 0) is 4.74 Å². The molecule has 0 radical (unpaired) electrons. The van der Waals surface area contributed by atoms with E-state index in [4.69, 9.17) is 4.74 Å². The van der Waals surface area contributed by atoms with E-state index in [2.05, 4.69) is 5.32 Å². The fourth-order valence-electron chi connectivity index (χ4n) is 2.12. The molecule has 72 valence electrons. The van der Waals surface area contributed by atoms with Gasteiger partial charge in [-0.05, 0) is 19.4 Å². The maximum atomic E-state index is 5.14. The highest BCUT2D eigenvalue weighted by molar-refractivity contribution is 4.74. The van der Waals surface area contributed by atoms with Gasteiger partial charge < -0.3 is 10.1 Å². The molecule has 1 unspecified atom stereocenters. The summed E-state index contributed by atoms with van der Waals surface area (Å²) in [6, 6.07) is 0.568. The lowest BCUT2D eigenvalue weighted by atomic mass is 9.99. The fraction of sp³-hybridized carbons (Fsp3) is 1.00. The molecule has 1 aliphatic carbocycles. The molecule has 1 saturated carbocycles. The predicted molar refractivity (Wildman–Crippen MR) is 51.3 cm³/mol. The lowest BCUT2D eigenvalue weighted by Gasteiger charge is -2.18. The largest absolute Gasteiger partial charge is 0.383 e. The van der Waals surface area contributed by atoms with Gasteiger partial charge in [-0.3, -0.25) is 0 Å². The molecule has 0 spiro atoms. The quantitative estimate of drug-likeness (QED) is 0.681. The molecule has 0 aromatic carbocycles. The van der Waals surface area contributed by atoms with Crippen LogP contribution in [0.15, 0.2) is 0 Å². The van der Waals surface area contributed by atoms with Crippen molar-refractivity contribution in [1.82, 2.24) is 5.32 Å². The zero-order valence-corrected chi connectivity index (χ0v) is 8.31. The van der Waals surface area contributed by atoms with Gasteiger partial charge in [0.2, 0.25) is 0 Å².